The molecule has 17 heavy (non-hydrogen) atoms. The molecule has 0 aromatic heterocycles. The molecule has 4 heteroatoms. The van der Waals surface area contributed by atoms with Gasteiger partial charge in [0.2, 0.25) is 11.8 Å². The Morgan fingerprint density at radius 2 is 1.71 bits per heavy atom. The molecular formula is C13H22N2O2. The summed E-state index contributed by atoms with van der Waals surface area (Å²) in [5.41, 5.74) is 0. The van der Waals surface area contributed by atoms with Gasteiger partial charge in [0.1, 0.15) is 6.04 Å². The third-order valence-corrected chi connectivity index (χ3v) is 3.65. The van der Waals surface area contributed by atoms with Crippen molar-refractivity contribution in [1.29, 1.82) is 0 Å². The van der Waals surface area contributed by atoms with Gasteiger partial charge in [-0.05, 0) is 32.6 Å². The van der Waals surface area contributed by atoms with Crippen LogP contribution in [0.25, 0.3) is 0 Å². The molecule has 1 unspecified atom stereocenters. The largest absolute Gasteiger partial charge is 0.352 e. The van der Waals surface area contributed by atoms with Crippen LogP contribution in [-0.4, -0.2) is 23.9 Å². The van der Waals surface area contributed by atoms with Gasteiger partial charge in [-0.2, -0.15) is 0 Å². The first-order valence-corrected chi connectivity index (χ1v) is 6.77. The van der Waals surface area contributed by atoms with Gasteiger partial charge in [-0.25, -0.2) is 0 Å². The predicted molar refractivity (Wildman–Crippen MR) is 65.3 cm³/mol. The second-order valence-electron chi connectivity index (χ2n) is 5.35. The van der Waals surface area contributed by atoms with Crippen LogP contribution in [0, 0.1) is 5.92 Å². The lowest BCUT2D eigenvalue weighted by Crippen LogP contribution is -2.47. The molecule has 2 fully saturated rings. The molecule has 2 saturated carbocycles. The number of nitrogens with one attached hydrogen (secondary N) is 2. The first-order chi connectivity index (χ1) is 8.16. The predicted octanol–water partition coefficient (Wildman–Crippen LogP) is 1.35. The van der Waals surface area contributed by atoms with Crippen molar-refractivity contribution in [2.24, 2.45) is 5.92 Å². The zero-order chi connectivity index (χ0) is 12.3. The van der Waals surface area contributed by atoms with Gasteiger partial charge in [0.25, 0.3) is 0 Å². The van der Waals surface area contributed by atoms with E-state index < -0.39 is 6.04 Å². The second-order valence-corrected chi connectivity index (χ2v) is 5.35. The van der Waals surface area contributed by atoms with Crippen LogP contribution >= 0.6 is 0 Å². The number of carbonyl (C=O) groups excluding carboxylic acids is 2. The maximum atomic E-state index is 11.9. The molecule has 2 aliphatic carbocycles. The number of rotatable bonds is 4. The first kappa shape index (κ1) is 12.4. The molecule has 2 aliphatic rings. The summed E-state index contributed by atoms with van der Waals surface area (Å²) in [5.74, 6) is 0.139. The Kier molecular flexibility index (Phi) is 4.02. The maximum Gasteiger partial charge on any atom is 0.242 e. The molecule has 96 valence electrons. The van der Waals surface area contributed by atoms with Crippen molar-refractivity contribution in [3.8, 4) is 0 Å². The highest BCUT2D eigenvalue weighted by Crippen LogP contribution is 2.23. The van der Waals surface area contributed by atoms with Gasteiger partial charge < -0.3 is 10.6 Å². The smallest absolute Gasteiger partial charge is 0.242 e. The van der Waals surface area contributed by atoms with E-state index in [1.54, 1.807) is 6.92 Å². The third-order valence-electron chi connectivity index (χ3n) is 3.65. The van der Waals surface area contributed by atoms with Crippen molar-refractivity contribution in [3.63, 3.8) is 0 Å². The van der Waals surface area contributed by atoms with Crippen LogP contribution in [0.1, 0.15) is 51.9 Å². The Hall–Kier alpha value is -1.06. The normalized spacial score (nSPS) is 22.9. The Balaban J connectivity index is 1.73. The number of hydrogen-bond donors (Lipinski definition) is 2. The van der Waals surface area contributed by atoms with Gasteiger partial charge in [-0.3, -0.25) is 9.59 Å². The lowest BCUT2D eigenvalue weighted by Gasteiger charge is -2.22. The van der Waals surface area contributed by atoms with E-state index in [1.165, 1.54) is 6.42 Å². The lowest BCUT2D eigenvalue weighted by molar-refractivity contribution is -0.131. The van der Waals surface area contributed by atoms with Crippen LogP contribution in [0.4, 0.5) is 0 Å². The molecule has 0 saturated heterocycles. The summed E-state index contributed by atoms with van der Waals surface area (Å²) in [5, 5.41) is 5.74. The molecule has 2 amide bonds. The van der Waals surface area contributed by atoms with Crippen molar-refractivity contribution in [3.05, 3.63) is 0 Å². The minimum atomic E-state index is -0.398. The molecule has 0 heterocycles. The molecule has 0 bridgehead atoms. The van der Waals surface area contributed by atoms with Crippen molar-refractivity contribution >= 4 is 11.8 Å². The quantitative estimate of drug-likeness (QED) is 0.776. The molecule has 4 nitrogen and oxygen atoms in total. The average Bonchev–Trinajstić information content (AvgIpc) is 3.14. The summed E-state index contributed by atoms with van der Waals surface area (Å²) in [4.78, 5) is 23.6. The van der Waals surface area contributed by atoms with Crippen molar-refractivity contribution in [2.75, 3.05) is 0 Å². The standard InChI is InChI=1S/C13H22N2O2/c1-9(12(16)15-11-7-8-11)14-13(17)10-5-3-2-4-6-10/h9-11H,2-8H2,1H3,(H,14,17)(H,15,16). The number of amides is 2. The van der Waals surface area contributed by atoms with Crippen LogP contribution in [-0.2, 0) is 9.59 Å². The van der Waals surface area contributed by atoms with E-state index in [4.69, 9.17) is 0 Å². The summed E-state index contributed by atoms with van der Waals surface area (Å²) in [7, 11) is 0. The van der Waals surface area contributed by atoms with Crippen molar-refractivity contribution < 1.29 is 9.59 Å². The Bertz CT molecular complexity index is 294. The van der Waals surface area contributed by atoms with Crippen LogP contribution < -0.4 is 10.6 Å². The van der Waals surface area contributed by atoms with Gasteiger partial charge in [-0.15, -0.1) is 0 Å². The summed E-state index contributed by atoms with van der Waals surface area (Å²) < 4.78 is 0. The summed E-state index contributed by atoms with van der Waals surface area (Å²) in [6.07, 6.45) is 7.62. The van der Waals surface area contributed by atoms with Crippen molar-refractivity contribution in [1.82, 2.24) is 10.6 Å². The van der Waals surface area contributed by atoms with E-state index in [2.05, 4.69) is 10.6 Å². The van der Waals surface area contributed by atoms with E-state index in [0.717, 1.165) is 38.5 Å². The van der Waals surface area contributed by atoms with Crippen LogP contribution in [0.15, 0.2) is 0 Å². The Labute approximate surface area is 103 Å². The molecule has 2 rings (SSSR count). The van der Waals surface area contributed by atoms with E-state index in [-0.39, 0.29) is 17.7 Å². The van der Waals surface area contributed by atoms with Crippen molar-refractivity contribution in [2.45, 2.75) is 64.0 Å². The van der Waals surface area contributed by atoms with E-state index in [9.17, 15) is 9.59 Å². The average molecular weight is 238 g/mol. The van der Waals surface area contributed by atoms with E-state index in [1.807, 2.05) is 0 Å². The van der Waals surface area contributed by atoms with Gasteiger partial charge in [-0.1, -0.05) is 19.3 Å². The highest BCUT2D eigenvalue weighted by Gasteiger charge is 2.28. The first-order valence-electron chi connectivity index (χ1n) is 6.77. The number of carbonyl (C=O) groups is 2. The van der Waals surface area contributed by atoms with Gasteiger partial charge in [0, 0.05) is 12.0 Å². The van der Waals surface area contributed by atoms with Crippen LogP contribution in [0.3, 0.4) is 0 Å². The molecule has 0 aromatic rings. The minimum absolute atomic E-state index is 0.0448. The third kappa shape index (κ3) is 3.72. The monoisotopic (exact) mass is 238 g/mol. The fraction of sp³-hybridized carbons (Fsp3) is 0.846. The van der Waals surface area contributed by atoms with E-state index >= 15 is 0 Å². The van der Waals surface area contributed by atoms with Crippen LogP contribution in [0.2, 0.25) is 0 Å². The lowest BCUT2D eigenvalue weighted by atomic mass is 9.88. The SMILES string of the molecule is CC(NC(=O)C1CCCCC1)C(=O)NC1CC1. The topological polar surface area (TPSA) is 58.2 Å². The summed E-state index contributed by atoms with van der Waals surface area (Å²) in [6, 6.07) is -0.0402. The Morgan fingerprint density at radius 3 is 2.29 bits per heavy atom. The summed E-state index contributed by atoms with van der Waals surface area (Å²) >= 11 is 0. The zero-order valence-electron chi connectivity index (χ0n) is 10.5. The molecule has 0 aliphatic heterocycles. The molecule has 0 radical (unpaired) electrons. The fourth-order valence-electron chi connectivity index (χ4n) is 2.32. The van der Waals surface area contributed by atoms with Gasteiger partial charge >= 0.3 is 0 Å². The number of hydrogen-bond acceptors (Lipinski definition) is 2. The van der Waals surface area contributed by atoms with E-state index in [0.29, 0.717) is 6.04 Å². The molecule has 2 N–H and O–H groups in total. The second kappa shape index (κ2) is 5.52. The van der Waals surface area contributed by atoms with Gasteiger partial charge in [0.05, 0.1) is 0 Å². The fourth-order valence-corrected chi connectivity index (χ4v) is 2.32. The molecule has 0 aromatic carbocycles. The highest BCUT2D eigenvalue weighted by molar-refractivity contribution is 5.88. The maximum absolute atomic E-state index is 11.9. The molecule has 0 spiro atoms. The summed E-state index contributed by atoms with van der Waals surface area (Å²) in [6.45, 7) is 1.76. The highest BCUT2D eigenvalue weighted by atomic mass is 16.2. The van der Waals surface area contributed by atoms with Gasteiger partial charge in [0.15, 0.2) is 0 Å². The molecular weight excluding hydrogens is 216 g/mol. The molecule has 1 atom stereocenters. The minimum Gasteiger partial charge on any atom is -0.352 e. The zero-order valence-corrected chi connectivity index (χ0v) is 10.5. The Morgan fingerprint density at radius 1 is 1.06 bits per heavy atom. The van der Waals surface area contributed by atoms with Crippen LogP contribution in [0.5, 0.6) is 0 Å².